The molecule has 0 radical (unpaired) electrons. The van der Waals surface area contributed by atoms with Crippen LogP contribution in [-0.4, -0.2) is 0 Å². The van der Waals surface area contributed by atoms with Crippen molar-refractivity contribution in [2.45, 2.75) is 20.8 Å². The van der Waals surface area contributed by atoms with E-state index in [0.717, 1.165) is 11.3 Å². The molecule has 0 bridgehead atoms. The van der Waals surface area contributed by atoms with Gasteiger partial charge in [-0.15, -0.1) is 6.58 Å². The Bertz CT molecular complexity index is 187. The Kier molecular flexibility index (Phi) is 4.35. The molecule has 62 valence electrons. The lowest BCUT2D eigenvalue weighted by atomic mass is 9.98. The zero-order valence-electron chi connectivity index (χ0n) is 7.59. The van der Waals surface area contributed by atoms with Crippen LogP contribution in [0.5, 0.6) is 0 Å². The van der Waals surface area contributed by atoms with Crippen molar-refractivity contribution in [2.24, 2.45) is 11.7 Å². The Morgan fingerprint density at radius 1 is 1.36 bits per heavy atom. The smallest absolute Gasteiger partial charge is 0.0305 e. The average Bonchev–Trinajstić information content (AvgIpc) is 2.05. The van der Waals surface area contributed by atoms with Crippen LogP contribution >= 0.6 is 0 Å². The zero-order chi connectivity index (χ0) is 8.85. The van der Waals surface area contributed by atoms with Crippen LogP contribution in [0.25, 0.3) is 0 Å². The van der Waals surface area contributed by atoms with E-state index >= 15 is 0 Å². The molecule has 0 saturated carbocycles. The summed E-state index contributed by atoms with van der Waals surface area (Å²) in [4.78, 5) is 0. The van der Waals surface area contributed by atoms with Gasteiger partial charge in [0.1, 0.15) is 0 Å². The molecule has 0 aromatic rings. The maximum atomic E-state index is 5.75. The van der Waals surface area contributed by atoms with Gasteiger partial charge in [0.05, 0.1) is 0 Å². The second kappa shape index (κ2) is 4.78. The number of rotatable bonds is 3. The van der Waals surface area contributed by atoms with Crippen LogP contribution in [-0.2, 0) is 0 Å². The highest BCUT2D eigenvalue weighted by atomic mass is 14.6. The first-order valence-electron chi connectivity index (χ1n) is 3.88. The largest absolute Gasteiger partial charge is 0.399 e. The van der Waals surface area contributed by atoms with Crippen molar-refractivity contribution >= 4 is 0 Å². The van der Waals surface area contributed by atoms with Gasteiger partial charge in [0.25, 0.3) is 0 Å². The third kappa shape index (κ3) is 2.62. The molecule has 0 aliphatic heterocycles. The third-order valence-electron chi connectivity index (χ3n) is 1.80. The molecular weight excluding hydrogens is 134 g/mol. The van der Waals surface area contributed by atoms with E-state index in [1.807, 2.05) is 32.1 Å². The van der Waals surface area contributed by atoms with Crippen molar-refractivity contribution in [1.82, 2.24) is 0 Å². The number of allylic oxidation sites excluding steroid dienone is 4. The topological polar surface area (TPSA) is 26.0 Å². The van der Waals surface area contributed by atoms with Crippen LogP contribution in [0, 0.1) is 5.92 Å². The van der Waals surface area contributed by atoms with Gasteiger partial charge in [0.15, 0.2) is 0 Å². The van der Waals surface area contributed by atoms with Crippen molar-refractivity contribution in [1.29, 1.82) is 0 Å². The lowest BCUT2D eigenvalue weighted by molar-refractivity contribution is 0.865. The monoisotopic (exact) mass is 151 g/mol. The SMILES string of the molecule is C=CC(C)C(=C\C)/C(N)=C\C. The molecular formula is C10H17N. The molecule has 0 aliphatic rings. The van der Waals surface area contributed by atoms with E-state index in [1.165, 1.54) is 0 Å². The van der Waals surface area contributed by atoms with Gasteiger partial charge in [-0.1, -0.05) is 25.2 Å². The van der Waals surface area contributed by atoms with Gasteiger partial charge in [-0.05, 0) is 19.4 Å². The summed E-state index contributed by atoms with van der Waals surface area (Å²) in [5.74, 6) is 0.344. The van der Waals surface area contributed by atoms with Gasteiger partial charge >= 0.3 is 0 Å². The van der Waals surface area contributed by atoms with Crippen molar-refractivity contribution in [3.63, 3.8) is 0 Å². The quantitative estimate of drug-likeness (QED) is 0.487. The van der Waals surface area contributed by atoms with E-state index in [1.54, 1.807) is 0 Å². The lowest BCUT2D eigenvalue weighted by Gasteiger charge is -2.11. The van der Waals surface area contributed by atoms with E-state index in [0.29, 0.717) is 5.92 Å². The Labute approximate surface area is 69.3 Å². The third-order valence-corrected chi connectivity index (χ3v) is 1.80. The summed E-state index contributed by atoms with van der Waals surface area (Å²) in [7, 11) is 0. The summed E-state index contributed by atoms with van der Waals surface area (Å²) in [5.41, 5.74) is 7.75. The molecule has 0 aliphatic carbocycles. The normalized spacial score (nSPS) is 16.3. The number of nitrogens with two attached hydrogens (primary N) is 1. The van der Waals surface area contributed by atoms with Crippen LogP contribution in [0.1, 0.15) is 20.8 Å². The van der Waals surface area contributed by atoms with Crippen LogP contribution in [0.2, 0.25) is 0 Å². The fourth-order valence-corrected chi connectivity index (χ4v) is 0.986. The molecule has 1 unspecified atom stereocenters. The van der Waals surface area contributed by atoms with Gasteiger partial charge in [-0.2, -0.15) is 0 Å². The van der Waals surface area contributed by atoms with E-state index in [4.69, 9.17) is 5.73 Å². The first kappa shape index (κ1) is 10.0. The Morgan fingerprint density at radius 3 is 2.18 bits per heavy atom. The highest BCUT2D eigenvalue weighted by molar-refractivity contribution is 5.31. The van der Waals surface area contributed by atoms with Crippen molar-refractivity contribution < 1.29 is 0 Å². The molecule has 11 heavy (non-hydrogen) atoms. The highest BCUT2D eigenvalue weighted by Gasteiger charge is 2.04. The van der Waals surface area contributed by atoms with Gasteiger partial charge in [0, 0.05) is 11.6 Å². The summed E-state index contributed by atoms with van der Waals surface area (Å²) in [6.07, 6.45) is 5.84. The molecule has 2 N–H and O–H groups in total. The van der Waals surface area contributed by atoms with E-state index in [-0.39, 0.29) is 0 Å². The maximum absolute atomic E-state index is 5.75. The molecule has 0 spiro atoms. The molecule has 0 rings (SSSR count). The minimum absolute atomic E-state index is 0.344. The van der Waals surface area contributed by atoms with E-state index < -0.39 is 0 Å². The fraction of sp³-hybridized carbons (Fsp3) is 0.400. The van der Waals surface area contributed by atoms with Crippen molar-refractivity contribution in [3.8, 4) is 0 Å². The van der Waals surface area contributed by atoms with Crippen LogP contribution in [0.15, 0.2) is 36.1 Å². The summed E-state index contributed by atoms with van der Waals surface area (Å²) in [5, 5.41) is 0. The van der Waals surface area contributed by atoms with Crippen LogP contribution in [0.3, 0.4) is 0 Å². The highest BCUT2D eigenvalue weighted by Crippen LogP contribution is 2.16. The van der Waals surface area contributed by atoms with E-state index in [2.05, 4.69) is 13.5 Å². The molecule has 1 heteroatoms. The molecule has 0 amide bonds. The molecule has 0 saturated heterocycles. The predicted octanol–water partition coefficient (Wildman–Crippen LogP) is 2.62. The van der Waals surface area contributed by atoms with E-state index in [9.17, 15) is 0 Å². The maximum Gasteiger partial charge on any atom is 0.0305 e. The van der Waals surface area contributed by atoms with Gasteiger partial charge in [-0.25, -0.2) is 0 Å². The standard InChI is InChI=1S/C10H17N/c1-5-8(4)9(6-2)10(11)7-3/h5-8H,1,11H2,2-4H3/b9-6+,10-7+. The first-order chi connectivity index (χ1) is 5.17. The first-order valence-corrected chi connectivity index (χ1v) is 3.88. The molecule has 1 nitrogen and oxygen atoms in total. The van der Waals surface area contributed by atoms with Crippen molar-refractivity contribution in [2.75, 3.05) is 0 Å². The summed E-state index contributed by atoms with van der Waals surface area (Å²) < 4.78 is 0. The van der Waals surface area contributed by atoms with Crippen molar-refractivity contribution in [3.05, 3.63) is 36.1 Å². The molecule has 1 atom stereocenters. The molecule has 0 fully saturated rings. The minimum atomic E-state index is 0.344. The Balaban J connectivity index is 4.56. The minimum Gasteiger partial charge on any atom is -0.399 e. The van der Waals surface area contributed by atoms with Gasteiger partial charge in [0.2, 0.25) is 0 Å². The molecule has 0 heterocycles. The zero-order valence-corrected chi connectivity index (χ0v) is 7.59. The summed E-state index contributed by atoms with van der Waals surface area (Å²) in [6, 6.07) is 0. The summed E-state index contributed by atoms with van der Waals surface area (Å²) in [6.45, 7) is 9.74. The lowest BCUT2D eigenvalue weighted by Crippen LogP contribution is -2.06. The Morgan fingerprint density at radius 2 is 1.91 bits per heavy atom. The second-order valence-electron chi connectivity index (χ2n) is 2.51. The van der Waals surface area contributed by atoms with Gasteiger partial charge < -0.3 is 5.73 Å². The van der Waals surface area contributed by atoms with Crippen LogP contribution < -0.4 is 5.73 Å². The average molecular weight is 151 g/mol. The Hall–Kier alpha value is -0.980. The summed E-state index contributed by atoms with van der Waals surface area (Å²) >= 11 is 0. The second-order valence-corrected chi connectivity index (χ2v) is 2.51. The van der Waals surface area contributed by atoms with Gasteiger partial charge in [-0.3, -0.25) is 0 Å². The van der Waals surface area contributed by atoms with Crippen LogP contribution in [0.4, 0.5) is 0 Å². The number of hydrogen-bond donors (Lipinski definition) is 1. The fourth-order valence-electron chi connectivity index (χ4n) is 0.986. The molecule has 0 aromatic heterocycles. The number of hydrogen-bond acceptors (Lipinski definition) is 1. The predicted molar refractivity (Wildman–Crippen MR) is 51.1 cm³/mol. The molecule has 0 aromatic carbocycles.